The molecule has 0 saturated heterocycles. The number of aliphatic hydroxyl groups excluding tert-OH is 5. The zero-order valence-electron chi connectivity index (χ0n) is 38.0. The number of carbonyl (C=O) groups is 2. The third-order valence-electron chi connectivity index (χ3n) is 11.4. The Morgan fingerprint density at radius 2 is 0.783 bits per heavy atom. The molecule has 0 aromatic carbocycles. The molecule has 60 heavy (non-hydrogen) atoms. The highest BCUT2D eigenvalue weighted by Crippen LogP contribution is 2.43. The van der Waals surface area contributed by atoms with Gasteiger partial charge in [0.1, 0.15) is 43.2 Å². The number of rotatable bonds is 40. The lowest BCUT2D eigenvalue weighted by molar-refractivity contribution is -0.261. The van der Waals surface area contributed by atoms with E-state index in [1.54, 1.807) is 0 Å². The maximum atomic E-state index is 12.7. The van der Waals surface area contributed by atoms with Gasteiger partial charge in [0.25, 0.3) is 7.82 Å². The van der Waals surface area contributed by atoms with Crippen LogP contribution in [0.25, 0.3) is 0 Å². The van der Waals surface area contributed by atoms with E-state index in [-0.39, 0.29) is 19.0 Å². The van der Waals surface area contributed by atoms with E-state index in [0.717, 1.165) is 44.9 Å². The van der Waals surface area contributed by atoms with Crippen LogP contribution in [-0.2, 0) is 32.7 Å². The number of phosphoric ester groups is 1. The van der Waals surface area contributed by atoms with Crippen LogP contribution in [0.5, 0.6) is 0 Å². The number of carbonyl (C=O) groups excluding carboxylic acids is 2. The molecule has 0 aromatic rings. The predicted molar refractivity (Wildman–Crippen MR) is 234 cm³/mol. The Labute approximate surface area is 363 Å². The van der Waals surface area contributed by atoms with E-state index in [9.17, 15) is 44.6 Å². The fourth-order valence-corrected chi connectivity index (χ4v) is 8.53. The standard InChI is InChI=1S/C45H87O13P.H3N/c1-3-5-7-9-11-13-15-17-19-21-23-25-27-29-31-33-38(46)55-35-37(36-56-59(53,54)58-45-43(51)41(49)40(48)42(50)44(45)52)57-39(47)34-32-30-28-26-24-22-20-18-16-14-12-10-8-6-4-2;/h37,40-45,48-52H,3-36H2,1-2H3,(H,53,54);1H3/t37-,40?,41?,42?,43?,44?,45?;/m1./s1. The largest absolute Gasteiger partial charge is 0.756 e. The van der Waals surface area contributed by atoms with E-state index in [0.29, 0.717) is 12.8 Å². The van der Waals surface area contributed by atoms with E-state index >= 15 is 0 Å². The summed E-state index contributed by atoms with van der Waals surface area (Å²) in [5.41, 5.74) is 0. The molecular formula is C45H90NO13P. The van der Waals surface area contributed by atoms with Crippen LogP contribution in [0.2, 0.25) is 0 Å². The topological polar surface area (TPSA) is 249 Å². The number of aliphatic hydroxyl groups is 5. The molecule has 1 aliphatic rings. The van der Waals surface area contributed by atoms with Gasteiger partial charge in [0.2, 0.25) is 0 Å². The van der Waals surface area contributed by atoms with Crippen molar-refractivity contribution < 1.29 is 63.1 Å². The van der Waals surface area contributed by atoms with Gasteiger partial charge in [-0.3, -0.25) is 14.2 Å². The van der Waals surface area contributed by atoms with E-state index < -0.39 is 75.7 Å². The molecule has 6 atom stereocenters. The fraction of sp³-hybridized carbons (Fsp3) is 0.956. The van der Waals surface area contributed by atoms with Gasteiger partial charge < -0.3 is 55.1 Å². The van der Waals surface area contributed by atoms with Crippen molar-refractivity contribution in [1.82, 2.24) is 6.15 Å². The Hall–Kier alpha value is -1.19. The third kappa shape index (κ3) is 30.0. The van der Waals surface area contributed by atoms with Crippen LogP contribution >= 0.6 is 7.82 Å². The first kappa shape index (κ1) is 58.8. The number of unbranched alkanes of at least 4 members (excludes halogenated alkanes) is 28. The number of ether oxygens (including phenoxy) is 2. The molecule has 1 rings (SSSR count). The first-order valence-corrected chi connectivity index (χ1v) is 25.3. The Balaban J connectivity index is 0.0000348. The van der Waals surface area contributed by atoms with Crippen LogP contribution in [0.15, 0.2) is 0 Å². The molecule has 0 radical (unpaired) electrons. The molecule has 0 heterocycles. The van der Waals surface area contributed by atoms with Gasteiger partial charge in [0.05, 0.1) is 6.61 Å². The van der Waals surface area contributed by atoms with Gasteiger partial charge in [-0.15, -0.1) is 0 Å². The summed E-state index contributed by atoms with van der Waals surface area (Å²) >= 11 is 0. The highest BCUT2D eigenvalue weighted by atomic mass is 31.2. The Morgan fingerprint density at radius 3 is 1.13 bits per heavy atom. The van der Waals surface area contributed by atoms with Crippen LogP contribution in [-0.4, -0.2) is 93.4 Å². The number of esters is 2. The molecule has 0 spiro atoms. The monoisotopic (exact) mass is 884 g/mol. The van der Waals surface area contributed by atoms with Gasteiger partial charge in [-0.25, -0.2) is 0 Å². The molecule has 1 fully saturated rings. The highest BCUT2D eigenvalue weighted by molar-refractivity contribution is 7.45. The summed E-state index contributed by atoms with van der Waals surface area (Å²) in [6.45, 7) is 3.23. The molecule has 5 unspecified atom stereocenters. The zero-order chi connectivity index (χ0) is 43.6. The maximum absolute atomic E-state index is 12.7. The van der Waals surface area contributed by atoms with Crippen LogP contribution in [0.1, 0.15) is 219 Å². The van der Waals surface area contributed by atoms with Crippen LogP contribution in [0, 0.1) is 0 Å². The summed E-state index contributed by atoms with van der Waals surface area (Å²) in [5, 5.41) is 50.0. The minimum atomic E-state index is -5.36. The molecule has 0 amide bonds. The van der Waals surface area contributed by atoms with Crippen LogP contribution in [0.4, 0.5) is 0 Å². The normalized spacial score (nSPS) is 21.9. The van der Waals surface area contributed by atoms with Crippen molar-refractivity contribution in [3.8, 4) is 0 Å². The van der Waals surface area contributed by atoms with Gasteiger partial charge in [0, 0.05) is 12.8 Å². The predicted octanol–water partition coefficient (Wildman–Crippen LogP) is 9.03. The van der Waals surface area contributed by atoms with Gasteiger partial charge in [-0.1, -0.05) is 194 Å². The van der Waals surface area contributed by atoms with Crippen molar-refractivity contribution in [2.45, 2.75) is 262 Å². The molecular weight excluding hydrogens is 793 g/mol. The van der Waals surface area contributed by atoms with Crippen molar-refractivity contribution in [2.24, 2.45) is 0 Å². The number of hydrogen-bond acceptors (Lipinski definition) is 13. The fourth-order valence-electron chi connectivity index (χ4n) is 7.58. The van der Waals surface area contributed by atoms with Crippen molar-refractivity contribution >= 4 is 19.8 Å². The third-order valence-corrected chi connectivity index (χ3v) is 12.4. The van der Waals surface area contributed by atoms with E-state index in [1.165, 1.54) is 135 Å². The quantitative estimate of drug-likeness (QED) is 0.0191. The van der Waals surface area contributed by atoms with Gasteiger partial charge in [-0.05, 0) is 12.8 Å². The number of quaternary nitrogens is 1. The lowest BCUT2D eigenvalue weighted by atomic mass is 9.85. The molecule has 15 heteroatoms. The molecule has 358 valence electrons. The summed E-state index contributed by atoms with van der Waals surface area (Å²) in [4.78, 5) is 38.0. The second-order valence-corrected chi connectivity index (χ2v) is 18.3. The van der Waals surface area contributed by atoms with Crippen LogP contribution in [0.3, 0.4) is 0 Å². The van der Waals surface area contributed by atoms with Gasteiger partial charge >= 0.3 is 11.9 Å². The minimum absolute atomic E-state index is 0. The van der Waals surface area contributed by atoms with Crippen molar-refractivity contribution in [2.75, 3.05) is 13.2 Å². The summed E-state index contributed by atoms with van der Waals surface area (Å²) in [6, 6.07) is 0. The molecule has 1 saturated carbocycles. The first-order valence-electron chi connectivity index (χ1n) is 23.8. The molecule has 14 nitrogen and oxygen atoms in total. The Bertz CT molecular complexity index is 1060. The van der Waals surface area contributed by atoms with Crippen LogP contribution < -0.4 is 11.0 Å². The first-order chi connectivity index (χ1) is 28.4. The SMILES string of the molecule is CCCCCCCCCCCCCCCCCC(=O)OC[C@H](COP(=O)([O-])OC1C(O)C(O)C(O)C(O)C1O)OC(=O)CCCCCCCCCCCCCCCCC.[NH4+]. The average Bonchev–Trinajstić information content (AvgIpc) is 3.21. The Kier molecular flexibility index (Phi) is 37.5. The Morgan fingerprint density at radius 1 is 0.483 bits per heavy atom. The summed E-state index contributed by atoms with van der Waals surface area (Å²) < 4.78 is 33.2. The molecule has 9 N–H and O–H groups in total. The summed E-state index contributed by atoms with van der Waals surface area (Å²) in [6.07, 6.45) is 22.5. The zero-order valence-corrected chi connectivity index (χ0v) is 38.9. The molecule has 0 bridgehead atoms. The van der Waals surface area contributed by atoms with Crippen molar-refractivity contribution in [3.63, 3.8) is 0 Å². The molecule has 0 aliphatic heterocycles. The number of hydrogen-bond donors (Lipinski definition) is 6. The van der Waals surface area contributed by atoms with E-state index in [2.05, 4.69) is 13.8 Å². The van der Waals surface area contributed by atoms with E-state index in [4.69, 9.17) is 18.5 Å². The summed E-state index contributed by atoms with van der Waals surface area (Å²) in [5.74, 6) is -1.12. The summed E-state index contributed by atoms with van der Waals surface area (Å²) in [7, 11) is -5.36. The lowest BCUT2D eigenvalue weighted by Crippen LogP contribution is -2.64. The average molecular weight is 884 g/mol. The number of phosphoric acid groups is 1. The highest BCUT2D eigenvalue weighted by Gasteiger charge is 2.50. The smallest absolute Gasteiger partial charge is 0.306 e. The second-order valence-electron chi connectivity index (χ2n) is 17.0. The van der Waals surface area contributed by atoms with Gasteiger partial charge in [-0.2, -0.15) is 0 Å². The maximum Gasteiger partial charge on any atom is 0.306 e. The molecule has 0 aromatic heterocycles. The minimum Gasteiger partial charge on any atom is -0.756 e. The second kappa shape index (κ2) is 38.3. The van der Waals surface area contributed by atoms with E-state index in [1.807, 2.05) is 0 Å². The van der Waals surface area contributed by atoms with Crippen molar-refractivity contribution in [1.29, 1.82) is 0 Å². The molecule has 1 aliphatic carbocycles. The van der Waals surface area contributed by atoms with Crippen molar-refractivity contribution in [3.05, 3.63) is 0 Å². The lowest BCUT2D eigenvalue weighted by Gasteiger charge is -2.43. The van der Waals surface area contributed by atoms with Gasteiger partial charge in [0.15, 0.2) is 6.10 Å².